The molecule has 1 heteroatoms. The molecule has 0 aliphatic carbocycles. The van der Waals surface area contributed by atoms with E-state index in [1.165, 1.54) is 32.1 Å². The zero-order chi connectivity index (χ0) is 7.23. The zero-order valence-electron chi connectivity index (χ0n) is 6.97. The first-order valence-corrected chi connectivity index (χ1v) is 4.56. The normalized spacial score (nSPS) is 26.7. The second-order valence-corrected chi connectivity index (χ2v) is 3.28. The highest BCUT2D eigenvalue weighted by Gasteiger charge is 2.11. The molecule has 0 aromatic heterocycles. The Labute approximate surface area is 64.2 Å². The zero-order valence-corrected chi connectivity index (χ0v) is 6.97. The van der Waals surface area contributed by atoms with Crippen molar-refractivity contribution in [1.29, 1.82) is 0 Å². The van der Waals surface area contributed by atoms with Crippen LogP contribution in [0.15, 0.2) is 0 Å². The first kappa shape index (κ1) is 8.06. The van der Waals surface area contributed by atoms with E-state index in [9.17, 15) is 0 Å². The quantitative estimate of drug-likeness (QED) is 0.570. The smallest absolute Gasteiger partial charge is 0.0161 e. The number of hydrogen-bond acceptors (Lipinski definition) is 0. The molecule has 1 aliphatic rings. The minimum absolute atomic E-state index is 0.939. The Morgan fingerprint density at radius 3 is 3.00 bits per heavy atom. The molecule has 1 fully saturated rings. The van der Waals surface area contributed by atoms with E-state index in [4.69, 9.17) is 0 Å². The lowest BCUT2D eigenvalue weighted by Crippen LogP contribution is -2.23. The Morgan fingerprint density at radius 2 is 2.40 bits per heavy atom. The van der Waals surface area contributed by atoms with Gasteiger partial charge in [-0.3, -0.25) is 0 Å². The average Bonchev–Trinajstić information content (AvgIpc) is 2.03. The SMILES string of the molecule is CCCCC1CCC[N]C1. The fraction of sp³-hybridized carbons (Fsp3) is 1.00. The summed E-state index contributed by atoms with van der Waals surface area (Å²) in [5.41, 5.74) is 0. The fourth-order valence-electron chi connectivity index (χ4n) is 1.59. The van der Waals surface area contributed by atoms with E-state index in [0.717, 1.165) is 19.0 Å². The standard InChI is InChI=1S/C9H18N/c1-2-3-5-9-6-4-7-10-8-9/h9H,2-8H2,1H3. The summed E-state index contributed by atoms with van der Waals surface area (Å²) in [4.78, 5) is 0. The third-order valence-electron chi connectivity index (χ3n) is 2.28. The Hall–Kier alpha value is -0.0400. The lowest BCUT2D eigenvalue weighted by Gasteiger charge is -2.20. The van der Waals surface area contributed by atoms with Gasteiger partial charge in [-0.05, 0) is 25.2 Å². The van der Waals surface area contributed by atoms with Crippen LogP contribution in [0.1, 0.15) is 39.0 Å². The van der Waals surface area contributed by atoms with Crippen molar-refractivity contribution in [1.82, 2.24) is 5.32 Å². The van der Waals surface area contributed by atoms with Gasteiger partial charge in [0, 0.05) is 13.1 Å². The number of hydrogen-bond donors (Lipinski definition) is 0. The topological polar surface area (TPSA) is 14.1 Å². The monoisotopic (exact) mass is 140 g/mol. The van der Waals surface area contributed by atoms with Crippen molar-refractivity contribution in [3.8, 4) is 0 Å². The minimum Gasteiger partial charge on any atom is -0.242 e. The van der Waals surface area contributed by atoms with Crippen LogP contribution in [-0.2, 0) is 0 Å². The molecule has 10 heavy (non-hydrogen) atoms. The molecule has 0 saturated carbocycles. The fourth-order valence-corrected chi connectivity index (χ4v) is 1.59. The molecule has 0 aromatic carbocycles. The molecule has 1 saturated heterocycles. The molecule has 1 heterocycles. The van der Waals surface area contributed by atoms with Crippen molar-refractivity contribution in [3.05, 3.63) is 0 Å². The highest BCUT2D eigenvalue weighted by molar-refractivity contribution is 4.67. The predicted molar refractivity (Wildman–Crippen MR) is 44.1 cm³/mol. The third kappa shape index (κ3) is 2.70. The molecule has 0 aromatic rings. The molecule has 1 nitrogen and oxygen atoms in total. The van der Waals surface area contributed by atoms with Gasteiger partial charge >= 0.3 is 0 Å². The lowest BCUT2D eigenvalue weighted by atomic mass is 9.94. The molecule has 1 rings (SSSR count). The second-order valence-electron chi connectivity index (χ2n) is 3.28. The van der Waals surface area contributed by atoms with Gasteiger partial charge in [-0.15, -0.1) is 0 Å². The molecule has 1 aliphatic heterocycles. The van der Waals surface area contributed by atoms with Crippen LogP contribution in [-0.4, -0.2) is 13.1 Å². The maximum absolute atomic E-state index is 4.41. The van der Waals surface area contributed by atoms with E-state index in [-0.39, 0.29) is 0 Å². The molecule has 0 amide bonds. The largest absolute Gasteiger partial charge is 0.242 e. The first-order valence-electron chi connectivity index (χ1n) is 4.56. The predicted octanol–water partition coefficient (Wildman–Crippen LogP) is 2.19. The van der Waals surface area contributed by atoms with Crippen LogP contribution in [0.5, 0.6) is 0 Å². The summed E-state index contributed by atoms with van der Waals surface area (Å²) < 4.78 is 0. The molecule has 0 spiro atoms. The summed E-state index contributed by atoms with van der Waals surface area (Å²) in [5.74, 6) is 0.939. The third-order valence-corrected chi connectivity index (χ3v) is 2.28. The summed E-state index contributed by atoms with van der Waals surface area (Å²) in [6.07, 6.45) is 6.94. The van der Waals surface area contributed by atoms with Crippen LogP contribution in [0.2, 0.25) is 0 Å². The van der Waals surface area contributed by atoms with Gasteiger partial charge in [-0.2, -0.15) is 0 Å². The van der Waals surface area contributed by atoms with E-state index in [0.29, 0.717) is 0 Å². The molecule has 59 valence electrons. The number of piperidine rings is 1. The summed E-state index contributed by atoms with van der Waals surface area (Å²) in [7, 11) is 0. The molecule has 0 bridgehead atoms. The summed E-state index contributed by atoms with van der Waals surface area (Å²) in [6, 6.07) is 0. The van der Waals surface area contributed by atoms with Gasteiger partial charge in [0.1, 0.15) is 0 Å². The lowest BCUT2D eigenvalue weighted by molar-refractivity contribution is 0.345. The van der Waals surface area contributed by atoms with E-state index in [1.54, 1.807) is 0 Å². The highest BCUT2D eigenvalue weighted by atomic mass is 14.9. The Balaban J connectivity index is 2.02. The van der Waals surface area contributed by atoms with Gasteiger partial charge in [-0.25, -0.2) is 5.32 Å². The van der Waals surface area contributed by atoms with Crippen LogP contribution >= 0.6 is 0 Å². The van der Waals surface area contributed by atoms with Gasteiger partial charge in [0.05, 0.1) is 0 Å². The van der Waals surface area contributed by atoms with Crippen molar-refractivity contribution in [3.63, 3.8) is 0 Å². The summed E-state index contributed by atoms with van der Waals surface area (Å²) in [5, 5.41) is 4.41. The summed E-state index contributed by atoms with van der Waals surface area (Å²) >= 11 is 0. The van der Waals surface area contributed by atoms with Crippen LogP contribution in [0.4, 0.5) is 0 Å². The van der Waals surface area contributed by atoms with Crippen LogP contribution < -0.4 is 5.32 Å². The average molecular weight is 140 g/mol. The molecule has 1 unspecified atom stereocenters. The van der Waals surface area contributed by atoms with Crippen molar-refractivity contribution < 1.29 is 0 Å². The molecular weight excluding hydrogens is 122 g/mol. The Morgan fingerprint density at radius 1 is 1.50 bits per heavy atom. The summed E-state index contributed by atoms with van der Waals surface area (Å²) in [6.45, 7) is 4.54. The van der Waals surface area contributed by atoms with Crippen molar-refractivity contribution in [2.75, 3.05) is 13.1 Å². The van der Waals surface area contributed by atoms with Crippen LogP contribution in [0, 0.1) is 5.92 Å². The van der Waals surface area contributed by atoms with E-state index in [1.807, 2.05) is 0 Å². The van der Waals surface area contributed by atoms with Gasteiger partial charge < -0.3 is 0 Å². The van der Waals surface area contributed by atoms with Crippen molar-refractivity contribution in [2.45, 2.75) is 39.0 Å². The van der Waals surface area contributed by atoms with Crippen LogP contribution in [0.3, 0.4) is 0 Å². The van der Waals surface area contributed by atoms with Gasteiger partial charge in [0.25, 0.3) is 0 Å². The van der Waals surface area contributed by atoms with Crippen molar-refractivity contribution in [2.24, 2.45) is 5.92 Å². The molecular formula is C9H18N. The Bertz CT molecular complexity index is 74.8. The van der Waals surface area contributed by atoms with Gasteiger partial charge in [-0.1, -0.05) is 19.8 Å². The molecule has 1 atom stereocenters. The van der Waals surface area contributed by atoms with Crippen molar-refractivity contribution >= 4 is 0 Å². The van der Waals surface area contributed by atoms with E-state index < -0.39 is 0 Å². The number of nitrogens with zero attached hydrogens (tertiary/aromatic N) is 1. The van der Waals surface area contributed by atoms with Crippen LogP contribution in [0.25, 0.3) is 0 Å². The molecule has 0 N–H and O–H groups in total. The minimum atomic E-state index is 0.939. The maximum atomic E-state index is 4.41. The number of rotatable bonds is 3. The maximum Gasteiger partial charge on any atom is 0.0161 e. The molecule has 1 radical (unpaired) electrons. The number of unbranched alkanes of at least 4 members (excludes halogenated alkanes) is 1. The van der Waals surface area contributed by atoms with Gasteiger partial charge in [0.2, 0.25) is 0 Å². The highest BCUT2D eigenvalue weighted by Crippen LogP contribution is 2.16. The first-order chi connectivity index (χ1) is 4.93. The Kier molecular flexibility index (Phi) is 3.81. The van der Waals surface area contributed by atoms with E-state index in [2.05, 4.69) is 12.2 Å². The van der Waals surface area contributed by atoms with Gasteiger partial charge in [0.15, 0.2) is 0 Å². The van der Waals surface area contributed by atoms with E-state index >= 15 is 0 Å². The second kappa shape index (κ2) is 4.73.